The Morgan fingerprint density at radius 3 is 2.00 bits per heavy atom. The van der Waals surface area contributed by atoms with Crippen LogP contribution in [0, 0.1) is 0 Å². The van der Waals surface area contributed by atoms with Crippen LogP contribution in [0.2, 0.25) is 18.1 Å². The molecule has 1 nitrogen and oxygen atoms in total. The van der Waals surface area contributed by atoms with Gasteiger partial charge in [-0.25, -0.2) is 0 Å². The molecule has 2 heteroatoms. The summed E-state index contributed by atoms with van der Waals surface area (Å²) in [5.41, 5.74) is 1.15. The smallest absolute Gasteiger partial charge is 0.192 e. The lowest BCUT2D eigenvalue weighted by molar-refractivity contribution is 0.210. The molecule has 1 unspecified atom stereocenters. The summed E-state index contributed by atoms with van der Waals surface area (Å²) in [4.78, 5) is 0. The molecule has 0 aromatic heterocycles. The molecule has 0 aliphatic rings. The van der Waals surface area contributed by atoms with Gasteiger partial charge in [-0.1, -0.05) is 39.8 Å². The van der Waals surface area contributed by atoms with Crippen LogP contribution in [0.25, 0.3) is 0 Å². The van der Waals surface area contributed by atoms with Gasteiger partial charge in [0.05, 0.1) is 6.10 Å². The van der Waals surface area contributed by atoms with Crippen LogP contribution >= 0.6 is 0 Å². The molecule has 0 heterocycles. The summed E-state index contributed by atoms with van der Waals surface area (Å²) in [5, 5.41) is 0.288. The third-order valence-electron chi connectivity index (χ3n) is 3.16. The van der Waals surface area contributed by atoms with Gasteiger partial charge in [-0.2, -0.15) is 0 Å². The first-order valence-electron chi connectivity index (χ1n) is 5.45. The van der Waals surface area contributed by atoms with Gasteiger partial charge in [-0.3, -0.25) is 0 Å². The van der Waals surface area contributed by atoms with E-state index in [4.69, 9.17) is 4.43 Å². The average molecular weight is 214 g/mol. The third-order valence-corrected chi connectivity index (χ3v) is 7.65. The topological polar surface area (TPSA) is 9.23 Å². The van der Waals surface area contributed by atoms with Crippen LogP contribution in [0.4, 0.5) is 0 Å². The van der Waals surface area contributed by atoms with Crippen LogP contribution in [0.5, 0.6) is 0 Å². The van der Waals surface area contributed by atoms with Crippen LogP contribution in [0.15, 0.2) is 12.2 Å². The van der Waals surface area contributed by atoms with Gasteiger partial charge in [0.1, 0.15) is 0 Å². The zero-order valence-corrected chi connectivity index (χ0v) is 11.9. The Morgan fingerprint density at radius 2 is 1.79 bits per heavy atom. The maximum Gasteiger partial charge on any atom is 0.192 e. The van der Waals surface area contributed by atoms with Crippen LogP contribution in [-0.4, -0.2) is 14.4 Å². The first-order valence-corrected chi connectivity index (χ1v) is 8.36. The van der Waals surface area contributed by atoms with E-state index in [0.717, 1.165) is 12.0 Å². The fourth-order valence-electron chi connectivity index (χ4n) is 1.06. The first kappa shape index (κ1) is 13.9. The summed E-state index contributed by atoms with van der Waals surface area (Å²) in [6.45, 7) is 19.6. The highest BCUT2D eigenvalue weighted by molar-refractivity contribution is 6.74. The van der Waals surface area contributed by atoms with Gasteiger partial charge in [-0.15, -0.1) is 0 Å². The van der Waals surface area contributed by atoms with Crippen molar-refractivity contribution < 1.29 is 4.43 Å². The van der Waals surface area contributed by atoms with Crippen molar-refractivity contribution >= 4 is 8.32 Å². The van der Waals surface area contributed by atoms with E-state index in [9.17, 15) is 0 Å². The van der Waals surface area contributed by atoms with Crippen molar-refractivity contribution in [2.45, 2.75) is 65.3 Å². The van der Waals surface area contributed by atoms with Crippen molar-refractivity contribution in [1.82, 2.24) is 0 Å². The largest absolute Gasteiger partial charge is 0.410 e. The molecule has 0 aromatic carbocycles. The molecule has 0 aliphatic heterocycles. The predicted molar refractivity (Wildman–Crippen MR) is 67.2 cm³/mol. The lowest BCUT2D eigenvalue weighted by Gasteiger charge is -2.39. The van der Waals surface area contributed by atoms with Gasteiger partial charge in [0, 0.05) is 0 Å². The Balaban J connectivity index is 4.56. The van der Waals surface area contributed by atoms with Crippen LogP contribution < -0.4 is 0 Å². The minimum absolute atomic E-state index is 0.246. The maximum absolute atomic E-state index is 6.25. The van der Waals surface area contributed by atoms with E-state index >= 15 is 0 Å². The lowest BCUT2D eigenvalue weighted by atomic mass is 10.1. The highest BCUT2D eigenvalue weighted by Gasteiger charge is 2.38. The minimum Gasteiger partial charge on any atom is -0.410 e. The van der Waals surface area contributed by atoms with Crippen molar-refractivity contribution in [3.63, 3.8) is 0 Å². The van der Waals surface area contributed by atoms with Gasteiger partial charge in [-0.05, 0) is 31.5 Å². The van der Waals surface area contributed by atoms with E-state index in [1.54, 1.807) is 0 Å². The molecule has 0 amide bonds. The van der Waals surface area contributed by atoms with E-state index in [0.29, 0.717) is 0 Å². The molecule has 1 atom stereocenters. The van der Waals surface area contributed by atoms with Crippen LogP contribution in [0.3, 0.4) is 0 Å². The average Bonchev–Trinajstić information content (AvgIpc) is 1.97. The van der Waals surface area contributed by atoms with Crippen LogP contribution in [-0.2, 0) is 4.43 Å². The summed E-state index contributed by atoms with van der Waals surface area (Å²) in [5.74, 6) is 0. The molecule has 84 valence electrons. The standard InChI is InChI=1S/C12H26OSi/c1-9-11(10(2)3)13-14(7,8)12(4,5)6/h11H,2,9H2,1,3-8H3. The second-order valence-electron chi connectivity index (χ2n) is 5.62. The molecule has 0 bridgehead atoms. The summed E-state index contributed by atoms with van der Waals surface area (Å²) >= 11 is 0. The quantitative estimate of drug-likeness (QED) is 0.499. The SMILES string of the molecule is C=C(C)C(CC)O[Si](C)(C)C(C)(C)C. The fourth-order valence-corrected chi connectivity index (χ4v) is 2.50. The van der Waals surface area contributed by atoms with Crippen molar-refractivity contribution in [3.05, 3.63) is 12.2 Å². The Morgan fingerprint density at radius 1 is 1.36 bits per heavy atom. The molecule has 14 heavy (non-hydrogen) atoms. The Bertz CT molecular complexity index is 201. The van der Waals surface area contributed by atoms with Crippen molar-refractivity contribution in [2.24, 2.45) is 0 Å². The van der Waals surface area contributed by atoms with Gasteiger partial charge in [0.15, 0.2) is 8.32 Å². The highest BCUT2D eigenvalue weighted by Crippen LogP contribution is 2.38. The number of rotatable bonds is 4. The van der Waals surface area contributed by atoms with E-state index < -0.39 is 8.32 Å². The van der Waals surface area contributed by atoms with E-state index in [2.05, 4.69) is 54.3 Å². The van der Waals surface area contributed by atoms with Gasteiger partial charge >= 0.3 is 0 Å². The Hall–Kier alpha value is -0.0831. The minimum atomic E-state index is -1.61. The Kier molecular flexibility index (Phi) is 4.60. The summed E-state index contributed by atoms with van der Waals surface area (Å²) in [7, 11) is -1.61. The molecular formula is C12H26OSi. The third kappa shape index (κ3) is 3.58. The maximum atomic E-state index is 6.25. The van der Waals surface area contributed by atoms with E-state index in [1.807, 2.05) is 0 Å². The van der Waals surface area contributed by atoms with Crippen molar-refractivity contribution in [1.29, 1.82) is 0 Å². The molecule has 0 saturated carbocycles. The second kappa shape index (κ2) is 4.62. The van der Waals surface area contributed by atoms with Crippen molar-refractivity contribution in [2.75, 3.05) is 0 Å². The first-order chi connectivity index (χ1) is 6.12. The fraction of sp³-hybridized carbons (Fsp3) is 0.833. The molecular weight excluding hydrogens is 188 g/mol. The van der Waals surface area contributed by atoms with Crippen LogP contribution in [0.1, 0.15) is 41.0 Å². The number of hydrogen-bond donors (Lipinski definition) is 0. The zero-order valence-electron chi connectivity index (χ0n) is 10.9. The molecule has 0 rings (SSSR count). The second-order valence-corrected chi connectivity index (χ2v) is 10.4. The summed E-state index contributed by atoms with van der Waals surface area (Å²) in [6.07, 6.45) is 1.28. The molecule has 0 fully saturated rings. The van der Waals surface area contributed by atoms with Gasteiger partial charge in [0.25, 0.3) is 0 Å². The predicted octanol–water partition coefficient (Wildman–Crippen LogP) is 4.36. The lowest BCUT2D eigenvalue weighted by Crippen LogP contribution is -2.44. The van der Waals surface area contributed by atoms with Crippen molar-refractivity contribution in [3.8, 4) is 0 Å². The Labute approximate surface area is 90.7 Å². The van der Waals surface area contributed by atoms with Gasteiger partial charge in [0.2, 0.25) is 0 Å². The molecule has 0 radical (unpaired) electrons. The monoisotopic (exact) mass is 214 g/mol. The summed E-state index contributed by atoms with van der Waals surface area (Å²) in [6, 6.07) is 0. The van der Waals surface area contributed by atoms with Gasteiger partial charge < -0.3 is 4.43 Å². The normalized spacial score (nSPS) is 15.4. The molecule has 0 N–H and O–H groups in total. The van der Waals surface area contributed by atoms with E-state index in [1.165, 1.54) is 0 Å². The number of hydrogen-bond acceptors (Lipinski definition) is 1. The highest BCUT2D eigenvalue weighted by atomic mass is 28.4. The molecule has 0 spiro atoms. The molecule has 0 saturated heterocycles. The molecule has 0 aliphatic carbocycles. The zero-order chi connectivity index (χ0) is 11.6. The summed E-state index contributed by atoms with van der Waals surface area (Å²) < 4.78 is 6.25. The molecule has 0 aromatic rings. The van der Waals surface area contributed by atoms with E-state index in [-0.39, 0.29) is 11.1 Å².